The normalized spacial score (nSPS) is 11.6. The van der Waals surface area contributed by atoms with Crippen molar-refractivity contribution >= 4 is 17.6 Å². The minimum Gasteiger partial charge on any atom is -0.481 e. The summed E-state index contributed by atoms with van der Waals surface area (Å²) < 4.78 is 0. The lowest BCUT2D eigenvalue weighted by molar-refractivity contribution is -0.149. The number of aryl methyl sites for hydroxylation is 1. The molecule has 0 aliphatic rings. The number of benzene rings is 1. The van der Waals surface area contributed by atoms with E-state index in [9.17, 15) is 9.90 Å². The van der Waals surface area contributed by atoms with Crippen molar-refractivity contribution in [2.45, 2.75) is 40.2 Å². The molecule has 0 saturated heterocycles. The first kappa shape index (κ1) is 16.0. The smallest absolute Gasteiger partial charge is 0.310 e. The van der Waals surface area contributed by atoms with E-state index in [4.69, 9.17) is 11.6 Å². The zero-order chi connectivity index (χ0) is 14.5. The van der Waals surface area contributed by atoms with E-state index in [1.165, 1.54) is 0 Å². The summed E-state index contributed by atoms with van der Waals surface area (Å²) in [5.41, 5.74) is 1.60. The molecule has 1 aromatic rings. The third-order valence-electron chi connectivity index (χ3n) is 3.89. The summed E-state index contributed by atoms with van der Waals surface area (Å²) in [6.07, 6.45) is 1.26. The molecule has 0 atom stereocenters. The maximum atomic E-state index is 11.4. The Morgan fingerprint density at radius 3 is 2.47 bits per heavy atom. The molecule has 3 nitrogen and oxygen atoms in total. The number of carboxylic acid groups (broad SMARTS) is 1. The van der Waals surface area contributed by atoms with Crippen LogP contribution in [0.15, 0.2) is 18.2 Å². The van der Waals surface area contributed by atoms with Crippen molar-refractivity contribution in [3.8, 4) is 0 Å². The van der Waals surface area contributed by atoms with Crippen LogP contribution >= 0.6 is 11.6 Å². The molecule has 0 radical (unpaired) electrons. The molecule has 0 heterocycles. The highest BCUT2D eigenvalue weighted by molar-refractivity contribution is 6.30. The Morgan fingerprint density at radius 2 is 2.00 bits per heavy atom. The highest BCUT2D eigenvalue weighted by Crippen LogP contribution is 2.26. The van der Waals surface area contributed by atoms with Gasteiger partial charge in [-0.1, -0.05) is 31.5 Å². The molecular formula is C15H22ClNO2. The summed E-state index contributed by atoms with van der Waals surface area (Å²) in [6, 6.07) is 5.75. The summed E-state index contributed by atoms with van der Waals surface area (Å²) in [7, 11) is 0. The molecule has 0 unspecified atom stereocenters. The lowest BCUT2D eigenvalue weighted by Gasteiger charge is -2.27. The first-order chi connectivity index (χ1) is 8.95. The summed E-state index contributed by atoms with van der Waals surface area (Å²) in [5, 5.41) is 13.3. The first-order valence-electron chi connectivity index (χ1n) is 6.64. The summed E-state index contributed by atoms with van der Waals surface area (Å²) >= 11 is 5.91. The number of rotatable bonds is 7. The average molecular weight is 284 g/mol. The number of aliphatic carboxylic acids is 1. The molecule has 1 aromatic carbocycles. The Labute approximate surface area is 120 Å². The second-order valence-electron chi connectivity index (χ2n) is 4.97. The van der Waals surface area contributed by atoms with Crippen molar-refractivity contribution in [1.29, 1.82) is 0 Å². The predicted molar refractivity (Wildman–Crippen MR) is 78.5 cm³/mol. The quantitative estimate of drug-likeness (QED) is 0.803. The Morgan fingerprint density at radius 1 is 1.37 bits per heavy atom. The third kappa shape index (κ3) is 3.95. The predicted octanol–water partition coefficient (Wildman–Crippen LogP) is 3.63. The van der Waals surface area contributed by atoms with Crippen LogP contribution in [0.2, 0.25) is 5.02 Å². The highest BCUT2D eigenvalue weighted by Gasteiger charge is 2.34. The van der Waals surface area contributed by atoms with Gasteiger partial charge >= 0.3 is 5.97 Å². The van der Waals surface area contributed by atoms with E-state index < -0.39 is 11.4 Å². The van der Waals surface area contributed by atoms with Crippen LogP contribution in [-0.2, 0) is 11.3 Å². The second kappa shape index (κ2) is 6.92. The Bertz CT molecular complexity index is 442. The van der Waals surface area contributed by atoms with E-state index in [2.05, 4.69) is 5.32 Å². The standard InChI is InChI=1S/C15H22ClNO2/c1-4-15(5-2,14(18)19)10-17-9-12-6-7-13(16)8-11(12)3/h6-8,17H,4-5,9-10H2,1-3H3,(H,18,19). The lowest BCUT2D eigenvalue weighted by Crippen LogP contribution is -2.40. The van der Waals surface area contributed by atoms with Gasteiger partial charge in [-0.15, -0.1) is 0 Å². The van der Waals surface area contributed by atoms with Gasteiger partial charge in [-0.05, 0) is 43.0 Å². The van der Waals surface area contributed by atoms with Gasteiger partial charge in [0.05, 0.1) is 5.41 Å². The zero-order valence-electron chi connectivity index (χ0n) is 11.8. The fraction of sp³-hybridized carbons (Fsp3) is 0.533. The van der Waals surface area contributed by atoms with E-state index in [-0.39, 0.29) is 0 Å². The van der Waals surface area contributed by atoms with Gasteiger partial charge < -0.3 is 10.4 Å². The van der Waals surface area contributed by atoms with E-state index in [1.807, 2.05) is 39.0 Å². The number of halogens is 1. The van der Waals surface area contributed by atoms with Crippen molar-refractivity contribution < 1.29 is 9.90 Å². The molecule has 0 spiro atoms. The molecule has 106 valence electrons. The fourth-order valence-corrected chi connectivity index (χ4v) is 2.40. The van der Waals surface area contributed by atoms with Crippen LogP contribution in [0, 0.1) is 12.3 Å². The Balaban J connectivity index is 2.64. The van der Waals surface area contributed by atoms with Crippen molar-refractivity contribution in [2.75, 3.05) is 6.54 Å². The highest BCUT2D eigenvalue weighted by atomic mass is 35.5. The van der Waals surface area contributed by atoms with E-state index >= 15 is 0 Å². The van der Waals surface area contributed by atoms with Crippen molar-refractivity contribution in [3.63, 3.8) is 0 Å². The largest absolute Gasteiger partial charge is 0.481 e. The number of nitrogens with one attached hydrogen (secondary N) is 1. The molecule has 0 bridgehead atoms. The minimum atomic E-state index is -0.724. The third-order valence-corrected chi connectivity index (χ3v) is 4.13. The number of carbonyl (C=O) groups is 1. The topological polar surface area (TPSA) is 49.3 Å². The van der Waals surface area contributed by atoms with E-state index in [0.29, 0.717) is 25.9 Å². The molecule has 0 aromatic heterocycles. The molecular weight excluding hydrogens is 262 g/mol. The van der Waals surface area contributed by atoms with Gasteiger partial charge in [-0.2, -0.15) is 0 Å². The summed E-state index contributed by atoms with van der Waals surface area (Å²) in [5.74, 6) is -0.724. The van der Waals surface area contributed by atoms with Crippen molar-refractivity contribution in [2.24, 2.45) is 5.41 Å². The monoisotopic (exact) mass is 283 g/mol. The van der Waals surface area contributed by atoms with Crippen LogP contribution in [0.1, 0.15) is 37.8 Å². The summed E-state index contributed by atoms with van der Waals surface area (Å²) in [6.45, 7) is 7.00. The molecule has 0 aliphatic heterocycles. The molecule has 0 amide bonds. The second-order valence-corrected chi connectivity index (χ2v) is 5.40. The Kier molecular flexibility index (Phi) is 5.83. The number of hydrogen-bond acceptors (Lipinski definition) is 2. The molecule has 0 aliphatic carbocycles. The van der Waals surface area contributed by atoms with Crippen molar-refractivity contribution in [3.05, 3.63) is 34.3 Å². The first-order valence-corrected chi connectivity index (χ1v) is 7.02. The Hall–Kier alpha value is -1.06. The average Bonchev–Trinajstić information content (AvgIpc) is 2.37. The molecule has 0 saturated carbocycles. The number of hydrogen-bond donors (Lipinski definition) is 2. The van der Waals surface area contributed by atoms with Gasteiger partial charge in [0.25, 0.3) is 0 Å². The van der Waals surface area contributed by atoms with E-state index in [1.54, 1.807) is 0 Å². The maximum Gasteiger partial charge on any atom is 0.310 e. The van der Waals surface area contributed by atoms with Gasteiger partial charge in [0, 0.05) is 18.1 Å². The fourth-order valence-electron chi connectivity index (χ4n) is 2.17. The maximum absolute atomic E-state index is 11.4. The molecule has 2 N–H and O–H groups in total. The SMILES string of the molecule is CCC(CC)(CNCc1ccc(Cl)cc1C)C(=O)O. The van der Waals surface area contributed by atoms with Gasteiger partial charge in [0.15, 0.2) is 0 Å². The zero-order valence-corrected chi connectivity index (χ0v) is 12.5. The van der Waals surface area contributed by atoms with Gasteiger partial charge in [-0.3, -0.25) is 4.79 Å². The molecule has 1 rings (SSSR count). The number of carboxylic acids is 1. The van der Waals surface area contributed by atoms with Crippen LogP contribution in [-0.4, -0.2) is 17.6 Å². The van der Waals surface area contributed by atoms with Gasteiger partial charge in [0.1, 0.15) is 0 Å². The van der Waals surface area contributed by atoms with Crippen LogP contribution in [0.3, 0.4) is 0 Å². The van der Waals surface area contributed by atoms with Gasteiger partial charge in [0.2, 0.25) is 0 Å². The lowest BCUT2D eigenvalue weighted by atomic mass is 9.82. The van der Waals surface area contributed by atoms with Crippen molar-refractivity contribution in [1.82, 2.24) is 5.32 Å². The molecule has 0 fully saturated rings. The molecule has 19 heavy (non-hydrogen) atoms. The minimum absolute atomic E-state index is 0.484. The van der Waals surface area contributed by atoms with Crippen LogP contribution < -0.4 is 5.32 Å². The molecule has 4 heteroatoms. The van der Waals surface area contributed by atoms with Crippen LogP contribution in [0.4, 0.5) is 0 Å². The van der Waals surface area contributed by atoms with Crippen LogP contribution in [0.5, 0.6) is 0 Å². The van der Waals surface area contributed by atoms with Crippen LogP contribution in [0.25, 0.3) is 0 Å². The van der Waals surface area contributed by atoms with E-state index in [0.717, 1.165) is 16.1 Å². The van der Waals surface area contributed by atoms with Gasteiger partial charge in [-0.25, -0.2) is 0 Å². The summed E-state index contributed by atoms with van der Waals surface area (Å²) in [4.78, 5) is 11.4.